The second kappa shape index (κ2) is 8.17. The lowest BCUT2D eigenvalue weighted by molar-refractivity contribution is -0.274. The number of ether oxygens (including phenoxy) is 3. The Kier molecular flexibility index (Phi) is 5.68. The Morgan fingerprint density at radius 2 is 1.39 bits per heavy atom. The first kappa shape index (κ1) is 19.5. The highest BCUT2D eigenvalue weighted by atomic mass is 16.9. The van der Waals surface area contributed by atoms with Crippen LogP contribution in [0.15, 0.2) is 79.1 Å². The fourth-order valence-electron chi connectivity index (χ4n) is 2.44. The minimum atomic E-state index is -1.40. The molecule has 6 nitrogen and oxygen atoms in total. The summed E-state index contributed by atoms with van der Waals surface area (Å²) >= 11 is 0. The standard InChI is InChI=1S/C22H25N3O3/c1-21(2,3)20(15-25-17-23-16-24-25)28-22(4,26-18-11-7-5-8-12-18)27-19-13-9-6-10-14-19/h5-17H,1-4H3/b20-15+. The van der Waals surface area contributed by atoms with Gasteiger partial charge < -0.3 is 14.2 Å². The van der Waals surface area contributed by atoms with Gasteiger partial charge >= 0.3 is 5.97 Å². The van der Waals surface area contributed by atoms with Gasteiger partial charge in [0.2, 0.25) is 0 Å². The molecule has 0 atom stereocenters. The molecule has 0 aliphatic heterocycles. The zero-order valence-electron chi connectivity index (χ0n) is 16.6. The molecule has 1 heterocycles. The Labute approximate surface area is 165 Å². The van der Waals surface area contributed by atoms with Gasteiger partial charge in [0.15, 0.2) is 0 Å². The van der Waals surface area contributed by atoms with Crippen LogP contribution in [0.1, 0.15) is 27.7 Å². The average molecular weight is 379 g/mol. The molecule has 0 spiro atoms. The summed E-state index contributed by atoms with van der Waals surface area (Å²) in [6.07, 6.45) is 4.84. The van der Waals surface area contributed by atoms with Gasteiger partial charge in [0.05, 0.1) is 13.1 Å². The predicted molar refractivity (Wildman–Crippen MR) is 107 cm³/mol. The molecular formula is C22H25N3O3. The van der Waals surface area contributed by atoms with Gasteiger partial charge in [-0.15, -0.1) is 0 Å². The maximum Gasteiger partial charge on any atom is 0.413 e. The number of rotatable bonds is 7. The highest BCUT2D eigenvalue weighted by molar-refractivity contribution is 5.29. The number of hydrogen-bond donors (Lipinski definition) is 0. The van der Waals surface area contributed by atoms with Gasteiger partial charge in [-0.3, -0.25) is 0 Å². The van der Waals surface area contributed by atoms with E-state index in [0.717, 1.165) is 0 Å². The van der Waals surface area contributed by atoms with E-state index in [9.17, 15) is 0 Å². The zero-order valence-corrected chi connectivity index (χ0v) is 16.6. The minimum Gasteiger partial charge on any atom is -0.423 e. The highest BCUT2D eigenvalue weighted by Crippen LogP contribution is 2.33. The van der Waals surface area contributed by atoms with Crippen LogP contribution in [0.25, 0.3) is 6.20 Å². The molecule has 0 unspecified atom stereocenters. The monoisotopic (exact) mass is 379 g/mol. The smallest absolute Gasteiger partial charge is 0.413 e. The predicted octanol–water partition coefficient (Wildman–Crippen LogP) is 4.97. The molecule has 0 aliphatic rings. The van der Waals surface area contributed by atoms with Gasteiger partial charge in [0, 0.05) is 5.41 Å². The van der Waals surface area contributed by atoms with E-state index in [1.807, 2.05) is 81.4 Å². The Bertz CT molecular complexity index is 844. The molecule has 1 aromatic heterocycles. The lowest BCUT2D eigenvalue weighted by atomic mass is 9.94. The first-order chi connectivity index (χ1) is 13.3. The maximum atomic E-state index is 6.31. The van der Waals surface area contributed by atoms with Crippen LogP contribution in [-0.2, 0) is 4.74 Å². The molecule has 0 saturated heterocycles. The van der Waals surface area contributed by atoms with Crippen LogP contribution in [-0.4, -0.2) is 20.7 Å². The van der Waals surface area contributed by atoms with Crippen molar-refractivity contribution in [1.82, 2.24) is 14.8 Å². The maximum absolute atomic E-state index is 6.31. The summed E-state index contributed by atoms with van der Waals surface area (Å²) in [5.74, 6) is 0.500. The van der Waals surface area contributed by atoms with Crippen LogP contribution in [0.2, 0.25) is 0 Å². The third-order valence-electron chi connectivity index (χ3n) is 3.81. The fraction of sp³-hybridized carbons (Fsp3) is 0.273. The van der Waals surface area contributed by atoms with Crippen molar-refractivity contribution in [2.45, 2.75) is 33.7 Å². The number of nitrogens with zero attached hydrogens (tertiary/aromatic N) is 3. The number of allylic oxidation sites excluding steroid dienone is 1. The fourth-order valence-corrected chi connectivity index (χ4v) is 2.44. The summed E-state index contributed by atoms with van der Waals surface area (Å²) in [6, 6.07) is 18.9. The second-order valence-corrected chi connectivity index (χ2v) is 7.41. The van der Waals surface area contributed by atoms with E-state index in [4.69, 9.17) is 14.2 Å². The van der Waals surface area contributed by atoms with Crippen LogP contribution in [0, 0.1) is 5.41 Å². The summed E-state index contributed by atoms with van der Waals surface area (Å²) in [7, 11) is 0. The van der Waals surface area contributed by atoms with E-state index in [2.05, 4.69) is 10.1 Å². The topological polar surface area (TPSA) is 58.4 Å². The van der Waals surface area contributed by atoms with Crippen molar-refractivity contribution in [1.29, 1.82) is 0 Å². The average Bonchev–Trinajstić information content (AvgIpc) is 3.15. The molecule has 28 heavy (non-hydrogen) atoms. The van der Waals surface area contributed by atoms with E-state index in [1.54, 1.807) is 24.1 Å². The molecule has 0 saturated carbocycles. The Morgan fingerprint density at radius 1 is 0.857 bits per heavy atom. The summed E-state index contributed by atoms with van der Waals surface area (Å²) in [4.78, 5) is 3.98. The third-order valence-corrected chi connectivity index (χ3v) is 3.81. The zero-order chi connectivity index (χ0) is 20.0. The first-order valence-corrected chi connectivity index (χ1v) is 9.08. The first-order valence-electron chi connectivity index (χ1n) is 9.08. The summed E-state index contributed by atoms with van der Waals surface area (Å²) in [6.45, 7) is 7.87. The molecule has 0 bridgehead atoms. The van der Waals surface area contributed by atoms with Gasteiger partial charge in [0.1, 0.15) is 29.9 Å². The minimum absolute atomic E-state index is 0.326. The highest BCUT2D eigenvalue weighted by Gasteiger charge is 2.36. The van der Waals surface area contributed by atoms with E-state index < -0.39 is 5.97 Å². The molecule has 3 aromatic rings. The van der Waals surface area contributed by atoms with Crippen molar-refractivity contribution in [3.8, 4) is 11.5 Å². The Balaban J connectivity index is 1.94. The van der Waals surface area contributed by atoms with Crippen LogP contribution in [0.4, 0.5) is 0 Å². The normalized spacial score (nSPS) is 12.5. The van der Waals surface area contributed by atoms with Crippen molar-refractivity contribution in [2.75, 3.05) is 0 Å². The lowest BCUT2D eigenvalue weighted by Crippen LogP contribution is -2.43. The molecule has 0 radical (unpaired) electrons. The number of aromatic nitrogens is 3. The molecular weight excluding hydrogens is 354 g/mol. The SMILES string of the molecule is CC(O/C(=C/n1cncn1)C(C)(C)C)(Oc1ccccc1)Oc1ccccc1. The van der Waals surface area contributed by atoms with Crippen molar-refractivity contribution in [2.24, 2.45) is 5.41 Å². The molecule has 3 rings (SSSR count). The molecule has 0 N–H and O–H groups in total. The number of hydrogen-bond acceptors (Lipinski definition) is 5. The van der Waals surface area contributed by atoms with Crippen molar-refractivity contribution in [3.63, 3.8) is 0 Å². The number of para-hydroxylation sites is 2. The van der Waals surface area contributed by atoms with Gasteiger partial charge in [-0.05, 0) is 24.3 Å². The largest absolute Gasteiger partial charge is 0.423 e. The second-order valence-electron chi connectivity index (χ2n) is 7.41. The summed E-state index contributed by atoms with van der Waals surface area (Å²) < 4.78 is 20.1. The van der Waals surface area contributed by atoms with Crippen molar-refractivity contribution in [3.05, 3.63) is 79.1 Å². The molecule has 6 heteroatoms. The van der Waals surface area contributed by atoms with Crippen molar-refractivity contribution >= 4 is 6.20 Å². The van der Waals surface area contributed by atoms with Crippen molar-refractivity contribution < 1.29 is 14.2 Å². The molecule has 0 fully saturated rings. The summed E-state index contributed by atoms with van der Waals surface area (Å²) in [5, 5.41) is 4.14. The van der Waals surface area contributed by atoms with Crippen LogP contribution in [0.5, 0.6) is 11.5 Å². The lowest BCUT2D eigenvalue weighted by Gasteiger charge is -2.35. The quantitative estimate of drug-likeness (QED) is 0.428. The third kappa shape index (κ3) is 5.36. The van der Waals surface area contributed by atoms with E-state index in [0.29, 0.717) is 17.3 Å². The molecule has 2 aromatic carbocycles. The van der Waals surface area contributed by atoms with Gasteiger partial charge in [-0.2, -0.15) is 5.10 Å². The van der Waals surface area contributed by atoms with Crippen LogP contribution in [0.3, 0.4) is 0 Å². The Hall–Kier alpha value is -3.28. The number of benzene rings is 2. The Morgan fingerprint density at radius 3 is 1.82 bits per heavy atom. The van der Waals surface area contributed by atoms with Gasteiger partial charge in [-0.25, -0.2) is 9.67 Å². The summed E-state index contributed by atoms with van der Waals surface area (Å²) in [5.41, 5.74) is -0.326. The van der Waals surface area contributed by atoms with E-state index in [-0.39, 0.29) is 5.41 Å². The van der Waals surface area contributed by atoms with Crippen LogP contribution < -0.4 is 9.47 Å². The molecule has 146 valence electrons. The van der Waals surface area contributed by atoms with Gasteiger partial charge in [-0.1, -0.05) is 57.2 Å². The molecule has 0 amide bonds. The van der Waals surface area contributed by atoms with Crippen LogP contribution >= 0.6 is 0 Å². The van der Waals surface area contributed by atoms with Gasteiger partial charge in [0.25, 0.3) is 0 Å². The molecule has 0 aliphatic carbocycles. The van der Waals surface area contributed by atoms with E-state index in [1.165, 1.54) is 6.33 Å². The van der Waals surface area contributed by atoms with E-state index >= 15 is 0 Å².